The topological polar surface area (TPSA) is 47.6 Å². The molecule has 0 radical (unpaired) electrons. The highest BCUT2D eigenvalue weighted by atomic mass is 16.5. The van der Waals surface area contributed by atoms with Crippen molar-refractivity contribution in [2.45, 2.75) is 38.9 Å². The van der Waals surface area contributed by atoms with Crippen LogP contribution in [0.5, 0.6) is 5.75 Å². The Balaban J connectivity index is 1.64. The number of hydrogen-bond donors (Lipinski definition) is 1. The second-order valence-corrected chi connectivity index (χ2v) is 6.79. The summed E-state index contributed by atoms with van der Waals surface area (Å²) in [6, 6.07) is 15.8. The number of rotatable bonds is 7. The van der Waals surface area contributed by atoms with E-state index in [9.17, 15) is 4.79 Å². The highest BCUT2D eigenvalue weighted by molar-refractivity contribution is 5.97. The molecule has 0 bridgehead atoms. The van der Waals surface area contributed by atoms with Gasteiger partial charge >= 0.3 is 0 Å². The number of ether oxygens (including phenoxy) is 2. The fourth-order valence-corrected chi connectivity index (χ4v) is 2.96. The lowest BCUT2D eigenvalue weighted by atomic mass is 9.99. The number of benzene rings is 2. The molecule has 1 aliphatic rings. The van der Waals surface area contributed by atoms with Gasteiger partial charge in [-0.1, -0.05) is 30.3 Å². The molecule has 0 spiro atoms. The quantitative estimate of drug-likeness (QED) is 0.817. The first-order valence-electron chi connectivity index (χ1n) is 8.67. The van der Waals surface area contributed by atoms with Crippen molar-refractivity contribution in [2.24, 2.45) is 5.92 Å². The van der Waals surface area contributed by atoms with Crippen LogP contribution in [-0.2, 0) is 16.1 Å². The van der Waals surface area contributed by atoms with E-state index in [-0.39, 0.29) is 5.91 Å². The molecule has 1 fully saturated rings. The van der Waals surface area contributed by atoms with E-state index in [2.05, 4.69) is 5.32 Å². The van der Waals surface area contributed by atoms with Crippen LogP contribution in [0.3, 0.4) is 0 Å². The molecule has 4 nitrogen and oxygen atoms in total. The summed E-state index contributed by atoms with van der Waals surface area (Å²) in [5, 5.41) is 2.98. The molecule has 3 rings (SSSR count). The predicted octanol–water partition coefficient (Wildman–Crippen LogP) is 4.33. The molecule has 0 aromatic heterocycles. The van der Waals surface area contributed by atoms with Crippen molar-refractivity contribution in [1.82, 2.24) is 0 Å². The van der Waals surface area contributed by atoms with Crippen LogP contribution in [0.25, 0.3) is 0 Å². The molecule has 1 amide bonds. The molecule has 132 valence electrons. The Morgan fingerprint density at radius 1 is 1.20 bits per heavy atom. The largest absolute Gasteiger partial charge is 0.489 e. The van der Waals surface area contributed by atoms with E-state index in [1.807, 2.05) is 62.4 Å². The van der Waals surface area contributed by atoms with E-state index in [4.69, 9.17) is 9.47 Å². The van der Waals surface area contributed by atoms with Crippen molar-refractivity contribution in [3.05, 3.63) is 59.7 Å². The minimum absolute atomic E-state index is 0.0881. The fraction of sp³-hybridized carbons (Fsp3) is 0.381. The summed E-state index contributed by atoms with van der Waals surface area (Å²) in [4.78, 5) is 12.6. The van der Waals surface area contributed by atoms with Gasteiger partial charge in [0.1, 0.15) is 18.0 Å². The number of anilines is 1. The first-order chi connectivity index (χ1) is 12.0. The Bertz CT molecular complexity index is 740. The Morgan fingerprint density at radius 2 is 1.92 bits per heavy atom. The average Bonchev–Trinajstić information content (AvgIpc) is 3.46. The molecule has 0 saturated heterocycles. The Morgan fingerprint density at radius 3 is 2.52 bits per heavy atom. The number of carbonyl (C=O) groups is 1. The van der Waals surface area contributed by atoms with E-state index in [0.717, 1.165) is 35.4 Å². The van der Waals surface area contributed by atoms with Gasteiger partial charge in [-0.15, -0.1) is 0 Å². The predicted molar refractivity (Wildman–Crippen MR) is 98.7 cm³/mol. The summed E-state index contributed by atoms with van der Waals surface area (Å²) in [7, 11) is 1.60. The molecule has 1 aliphatic carbocycles. The monoisotopic (exact) mass is 339 g/mol. The summed E-state index contributed by atoms with van der Waals surface area (Å²) >= 11 is 0. The second kappa shape index (κ2) is 7.28. The Hall–Kier alpha value is -2.33. The Kier molecular flexibility index (Phi) is 5.09. The van der Waals surface area contributed by atoms with Gasteiger partial charge in [0.2, 0.25) is 0 Å². The normalized spacial score (nSPS) is 16.1. The number of methoxy groups -OCH3 is 1. The second-order valence-electron chi connectivity index (χ2n) is 6.79. The van der Waals surface area contributed by atoms with E-state index < -0.39 is 5.60 Å². The standard InChI is InChI=1S/C21H25NO3/c1-15-13-18(22-20(23)21(2,24-3)17-9-10-17)11-12-19(15)25-14-16-7-5-4-6-8-16/h4-8,11-13,17H,9-10,14H2,1-3H3,(H,22,23). The van der Waals surface area contributed by atoms with Crippen LogP contribution >= 0.6 is 0 Å². The number of aryl methyl sites for hydroxylation is 1. The molecule has 0 aliphatic heterocycles. The molecule has 1 saturated carbocycles. The maximum absolute atomic E-state index is 12.6. The maximum Gasteiger partial charge on any atom is 0.256 e. The van der Waals surface area contributed by atoms with E-state index in [0.29, 0.717) is 12.5 Å². The Labute approximate surface area is 149 Å². The highest BCUT2D eigenvalue weighted by Crippen LogP contribution is 2.42. The molecule has 2 aromatic rings. The third-order valence-electron chi connectivity index (χ3n) is 4.90. The highest BCUT2D eigenvalue weighted by Gasteiger charge is 2.47. The maximum atomic E-state index is 12.6. The van der Waals surface area contributed by atoms with Crippen molar-refractivity contribution < 1.29 is 14.3 Å². The minimum atomic E-state index is -0.754. The van der Waals surface area contributed by atoms with E-state index >= 15 is 0 Å². The van der Waals surface area contributed by atoms with Crippen LogP contribution in [0.1, 0.15) is 30.9 Å². The van der Waals surface area contributed by atoms with Gasteiger partial charge in [-0.2, -0.15) is 0 Å². The first-order valence-corrected chi connectivity index (χ1v) is 8.67. The van der Waals surface area contributed by atoms with Crippen molar-refractivity contribution in [2.75, 3.05) is 12.4 Å². The zero-order valence-corrected chi connectivity index (χ0v) is 15.0. The number of nitrogens with one attached hydrogen (secondary N) is 1. The molecule has 0 heterocycles. The van der Waals surface area contributed by atoms with Crippen LogP contribution in [0, 0.1) is 12.8 Å². The van der Waals surface area contributed by atoms with Crippen LogP contribution in [0.4, 0.5) is 5.69 Å². The smallest absolute Gasteiger partial charge is 0.256 e. The molecule has 1 N–H and O–H groups in total. The van der Waals surface area contributed by atoms with Crippen molar-refractivity contribution in [3.8, 4) is 5.75 Å². The van der Waals surface area contributed by atoms with Crippen LogP contribution in [0.15, 0.2) is 48.5 Å². The van der Waals surface area contributed by atoms with Gasteiger partial charge in [0.25, 0.3) is 5.91 Å². The lowest BCUT2D eigenvalue weighted by molar-refractivity contribution is -0.138. The van der Waals surface area contributed by atoms with Gasteiger partial charge in [0, 0.05) is 12.8 Å². The molecular weight excluding hydrogens is 314 g/mol. The molecule has 1 unspecified atom stereocenters. The summed E-state index contributed by atoms with van der Waals surface area (Å²) < 4.78 is 11.4. The van der Waals surface area contributed by atoms with Gasteiger partial charge in [0.15, 0.2) is 0 Å². The zero-order chi connectivity index (χ0) is 17.9. The summed E-state index contributed by atoms with van der Waals surface area (Å²) in [5.41, 5.74) is 2.12. The molecule has 4 heteroatoms. The van der Waals surface area contributed by atoms with Crippen LogP contribution in [0.2, 0.25) is 0 Å². The third-order valence-corrected chi connectivity index (χ3v) is 4.90. The number of amides is 1. The van der Waals surface area contributed by atoms with Crippen molar-refractivity contribution >= 4 is 11.6 Å². The summed E-state index contributed by atoms with van der Waals surface area (Å²) in [5.74, 6) is 1.04. The van der Waals surface area contributed by atoms with Crippen LogP contribution in [-0.4, -0.2) is 18.6 Å². The van der Waals surface area contributed by atoms with Crippen molar-refractivity contribution in [1.29, 1.82) is 0 Å². The molecule has 2 aromatic carbocycles. The van der Waals surface area contributed by atoms with Crippen LogP contribution < -0.4 is 10.1 Å². The van der Waals surface area contributed by atoms with E-state index in [1.165, 1.54) is 0 Å². The van der Waals surface area contributed by atoms with Crippen molar-refractivity contribution in [3.63, 3.8) is 0 Å². The van der Waals surface area contributed by atoms with Gasteiger partial charge in [-0.3, -0.25) is 4.79 Å². The number of hydrogen-bond acceptors (Lipinski definition) is 3. The van der Waals surface area contributed by atoms with Gasteiger partial charge in [-0.05, 0) is 61.9 Å². The number of carbonyl (C=O) groups excluding carboxylic acids is 1. The van der Waals surface area contributed by atoms with E-state index in [1.54, 1.807) is 7.11 Å². The molecule has 25 heavy (non-hydrogen) atoms. The lowest BCUT2D eigenvalue weighted by Gasteiger charge is -2.26. The third kappa shape index (κ3) is 4.02. The first kappa shape index (κ1) is 17.5. The van der Waals surface area contributed by atoms with Gasteiger partial charge in [0.05, 0.1) is 0 Å². The fourth-order valence-electron chi connectivity index (χ4n) is 2.96. The molecule has 1 atom stereocenters. The summed E-state index contributed by atoms with van der Waals surface area (Å²) in [6.07, 6.45) is 2.09. The average molecular weight is 339 g/mol. The van der Waals surface area contributed by atoms with Gasteiger partial charge < -0.3 is 14.8 Å². The molecular formula is C21H25NO3. The lowest BCUT2D eigenvalue weighted by Crippen LogP contribution is -2.44. The summed E-state index contributed by atoms with van der Waals surface area (Å²) in [6.45, 7) is 4.37. The van der Waals surface area contributed by atoms with Gasteiger partial charge in [-0.25, -0.2) is 0 Å². The zero-order valence-electron chi connectivity index (χ0n) is 15.0. The minimum Gasteiger partial charge on any atom is -0.489 e. The SMILES string of the molecule is COC(C)(C(=O)Nc1ccc(OCc2ccccc2)c(C)c1)C1CC1.